The fourth-order valence-electron chi connectivity index (χ4n) is 1.32. The third kappa shape index (κ3) is 2.33. The van der Waals surface area contributed by atoms with Gasteiger partial charge in [-0.25, -0.2) is 8.42 Å². The molecule has 0 fully saturated rings. The van der Waals surface area contributed by atoms with E-state index in [4.69, 9.17) is 5.73 Å². The molecular weight excluding hydrogens is 198 g/mol. The van der Waals surface area contributed by atoms with Gasteiger partial charge in [-0.15, -0.1) is 0 Å². The molecule has 1 aromatic rings. The summed E-state index contributed by atoms with van der Waals surface area (Å²) in [6.07, 6.45) is 0.607. The smallest absolute Gasteiger partial charge is 0.178 e. The fourth-order valence-corrected chi connectivity index (χ4v) is 2.49. The molecule has 0 saturated heterocycles. The van der Waals surface area contributed by atoms with E-state index in [1.54, 1.807) is 19.1 Å². The number of sulfone groups is 1. The third-order valence-corrected chi connectivity index (χ3v) is 3.93. The minimum absolute atomic E-state index is 0.134. The van der Waals surface area contributed by atoms with Crippen molar-refractivity contribution in [3.8, 4) is 0 Å². The minimum atomic E-state index is -3.11. The number of rotatable bonds is 4. The molecule has 14 heavy (non-hydrogen) atoms. The van der Waals surface area contributed by atoms with E-state index >= 15 is 0 Å². The van der Waals surface area contributed by atoms with Gasteiger partial charge in [0.1, 0.15) is 0 Å². The largest absolute Gasteiger partial charge is 0.330 e. The molecule has 0 aliphatic carbocycles. The lowest BCUT2D eigenvalue weighted by Crippen LogP contribution is -2.10. The van der Waals surface area contributed by atoms with Gasteiger partial charge < -0.3 is 5.73 Å². The maximum Gasteiger partial charge on any atom is 0.178 e. The second-order valence-corrected chi connectivity index (χ2v) is 5.30. The zero-order valence-electron chi connectivity index (χ0n) is 8.23. The van der Waals surface area contributed by atoms with Gasteiger partial charge in [0, 0.05) is 0 Å². The van der Waals surface area contributed by atoms with Gasteiger partial charge in [-0.3, -0.25) is 0 Å². The molecule has 0 aliphatic rings. The first kappa shape index (κ1) is 11.2. The van der Waals surface area contributed by atoms with Crippen molar-refractivity contribution in [3.05, 3.63) is 29.8 Å². The highest BCUT2D eigenvalue weighted by Crippen LogP contribution is 2.16. The molecule has 4 heteroatoms. The van der Waals surface area contributed by atoms with Crippen LogP contribution in [0.15, 0.2) is 29.2 Å². The zero-order valence-corrected chi connectivity index (χ0v) is 9.05. The molecule has 0 aliphatic heterocycles. The Hall–Kier alpha value is -0.870. The van der Waals surface area contributed by atoms with E-state index in [9.17, 15) is 8.42 Å². The number of nitrogens with two attached hydrogens (primary N) is 1. The first-order valence-corrected chi connectivity index (χ1v) is 6.27. The lowest BCUT2D eigenvalue weighted by atomic mass is 10.1. The van der Waals surface area contributed by atoms with Crippen molar-refractivity contribution in [2.75, 3.05) is 12.3 Å². The van der Waals surface area contributed by atoms with Crippen LogP contribution >= 0.6 is 0 Å². The molecule has 0 aromatic heterocycles. The molecule has 1 aromatic carbocycles. The highest BCUT2D eigenvalue weighted by Gasteiger charge is 2.14. The van der Waals surface area contributed by atoms with Crippen molar-refractivity contribution in [1.29, 1.82) is 0 Å². The van der Waals surface area contributed by atoms with Gasteiger partial charge in [0.2, 0.25) is 0 Å². The maximum atomic E-state index is 11.7. The average Bonchev–Trinajstić information content (AvgIpc) is 2.19. The van der Waals surface area contributed by atoms with Gasteiger partial charge in [-0.2, -0.15) is 0 Å². The Balaban J connectivity index is 3.20. The Morgan fingerprint density at radius 3 is 2.50 bits per heavy atom. The Kier molecular flexibility index (Phi) is 3.66. The van der Waals surface area contributed by atoms with Crippen LogP contribution in [0.3, 0.4) is 0 Å². The van der Waals surface area contributed by atoms with E-state index in [0.29, 0.717) is 17.9 Å². The van der Waals surface area contributed by atoms with Crippen LogP contribution < -0.4 is 5.73 Å². The molecule has 3 nitrogen and oxygen atoms in total. The summed E-state index contributed by atoms with van der Waals surface area (Å²) in [5.74, 6) is 0.134. The molecule has 0 spiro atoms. The quantitative estimate of drug-likeness (QED) is 0.811. The molecule has 0 unspecified atom stereocenters. The molecule has 0 radical (unpaired) electrons. The van der Waals surface area contributed by atoms with Gasteiger partial charge in [0.25, 0.3) is 0 Å². The van der Waals surface area contributed by atoms with Crippen molar-refractivity contribution in [2.45, 2.75) is 18.2 Å². The van der Waals surface area contributed by atoms with Crippen LogP contribution in [0, 0.1) is 0 Å². The fraction of sp³-hybridized carbons (Fsp3) is 0.400. The van der Waals surface area contributed by atoms with Crippen LogP contribution in [0.5, 0.6) is 0 Å². The van der Waals surface area contributed by atoms with Crippen LogP contribution in [0.1, 0.15) is 12.5 Å². The second-order valence-electron chi connectivity index (χ2n) is 3.05. The predicted molar refractivity (Wildman–Crippen MR) is 56.9 cm³/mol. The van der Waals surface area contributed by atoms with Gasteiger partial charge in [0.15, 0.2) is 9.84 Å². The van der Waals surface area contributed by atoms with Crippen molar-refractivity contribution in [2.24, 2.45) is 5.73 Å². The summed E-state index contributed by atoms with van der Waals surface area (Å²) in [5, 5.41) is 0. The number of hydrogen-bond donors (Lipinski definition) is 1. The highest BCUT2D eigenvalue weighted by atomic mass is 32.2. The third-order valence-electron chi connectivity index (χ3n) is 2.10. The summed E-state index contributed by atoms with van der Waals surface area (Å²) in [5.41, 5.74) is 6.24. The van der Waals surface area contributed by atoms with Crippen LogP contribution in [-0.4, -0.2) is 20.7 Å². The molecule has 0 bridgehead atoms. The lowest BCUT2D eigenvalue weighted by Gasteiger charge is -2.07. The molecule has 0 saturated carbocycles. The molecular formula is C10H15NO2S. The second kappa shape index (κ2) is 4.57. The summed E-state index contributed by atoms with van der Waals surface area (Å²) < 4.78 is 23.3. The first-order valence-electron chi connectivity index (χ1n) is 4.62. The first-order chi connectivity index (χ1) is 6.61. The van der Waals surface area contributed by atoms with Crippen LogP contribution in [0.25, 0.3) is 0 Å². The van der Waals surface area contributed by atoms with E-state index in [0.717, 1.165) is 5.56 Å². The normalized spacial score (nSPS) is 11.6. The summed E-state index contributed by atoms with van der Waals surface area (Å²) in [7, 11) is -3.11. The Labute approximate surface area is 84.9 Å². The summed E-state index contributed by atoms with van der Waals surface area (Å²) in [6.45, 7) is 2.12. The number of hydrogen-bond acceptors (Lipinski definition) is 3. The molecule has 1 rings (SSSR count). The van der Waals surface area contributed by atoms with E-state index in [2.05, 4.69) is 0 Å². The van der Waals surface area contributed by atoms with E-state index < -0.39 is 9.84 Å². The van der Waals surface area contributed by atoms with Crippen LogP contribution in [0.4, 0.5) is 0 Å². The van der Waals surface area contributed by atoms with Gasteiger partial charge in [-0.1, -0.05) is 25.1 Å². The Morgan fingerprint density at radius 1 is 1.29 bits per heavy atom. The monoisotopic (exact) mass is 213 g/mol. The highest BCUT2D eigenvalue weighted by molar-refractivity contribution is 7.91. The SMILES string of the molecule is CCS(=O)(=O)c1ccccc1CCN. The number of benzene rings is 1. The maximum absolute atomic E-state index is 11.7. The van der Waals surface area contributed by atoms with E-state index in [1.165, 1.54) is 0 Å². The topological polar surface area (TPSA) is 60.2 Å². The standard InChI is InChI=1S/C10H15NO2S/c1-2-14(12,13)10-6-4-3-5-9(10)7-8-11/h3-6H,2,7-8,11H2,1H3. The Morgan fingerprint density at radius 2 is 1.93 bits per heavy atom. The van der Waals surface area contributed by atoms with Crippen molar-refractivity contribution in [3.63, 3.8) is 0 Å². The predicted octanol–water partition coefficient (Wildman–Crippen LogP) is 0.981. The average molecular weight is 213 g/mol. The van der Waals surface area contributed by atoms with Crippen LogP contribution in [-0.2, 0) is 16.3 Å². The summed E-state index contributed by atoms with van der Waals surface area (Å²) in [6, 6.07) is 7.03. The van der Waals surface area contributed by atoms with Gasteiger partial charge in [-0.05, 0) is 24.6 Å². The van der Waals surface area contributed by atoms with Crippen molar-refractivity contribution in [1.82, 2.24) is 0 Å². The molecule has 0 amide bonds. The molecule has 0 atom stereocenters. The van der Waals surface area contributed by atoms with Gasteiger partial charge in [0.05, 0.1) is 10.6 Å². The molecule has 2 N–H and O–H groups in total. The van der Waals surface area contributed by atoms with Gasteiger partial charge >= 0.3 is 0 Å². The molecule has 78 valence electrons. The minimum Gasteiger partial charge on any atom is -0.330 e. The van der Waals surface area contributed by atoms with E-state index in [1.807, 2.05) is 12.1 Å². The zero-order chi connectivity index (χ0) is 10.6. The lowest BCUT2D eigenvalue weighted by molar-refractivity contribution is 0.596. The van der Waals surface area contributed by atoms with Crippen molar-refractivity contribution >= 4 is 9.84 Å². The van der Waals surface area contributed by atoms with Crippen LogP contribution in [0.2, 0.25) is 0 Å². The summed E-state index contributed by atoms with van der Waals surface area (Å²) >= 11 is 0. The Bertz CT molecular complexity index is 398. The molecule has 0 heterocycles. The van der Waals surface area contributed by atoms with Crippen molar-refractivity contribution < 1.29 is 8.42 Å². The summed E-state index contributed by atoms with van der Waals surface area (Å²) in [4.78, 5) is 0.424. The van der Waals surface area contributed by atoms with E-state index in [-0.39, 0.29) is 5.75 Å².